The molecule has 1 aromatic heterocycles. The monoisotopic (exact) mass is 321 g/mol. The summed E-state index contributed by atoms with van der Waals surface area (Å²) in [6.45, 7) is 4.07. The van der Waals surface area contributed by atoms with Crippen LogP contribution in [0, 0.1) is 6.92 Å². The number of ether oxygens (including phenoxy) is 2. The van der Waals surface area contributed by atoms with Gasteiger partial charge in [0.2, 0.25) is 0 Å². The summed E-state index contributed by atoms with van der Waals surface area (Å²) in [4.78, 5) is 17.4. The second kappa shape index (κ2) is 7.26. The molecule has 6 heteroatoms. The molecule has 0 bridgehead atoms. The molecular formula is C16H19NO4S. The number of thiazole rings is 1. The van der Waals surface area contributed by atoms with Gasteiger partial charge in [-0.15, -0.1) is 11.3 Å². The number of hydrogen-bond donors (Lipinski definition) is 1. The van der Waals surface area contributed by atoms with E-state index in [4.69, 9.17) is 9.47 Å². The fraction of sp³-hybridized carbons (Fsp3) is 0.375. The van der Waals surface area contributed by atoms with Gasteiger partial charge in [-0.25, -0.2) is 4.98 Å². The number of nitrogens with zero attached hydrogens (tertiary/aromatic N) is 1. The van der Waals surface area contributed by atoms with E-state index in [1.54, 1.807) is 38.4 Å². The summed E-state index contributed by atoms with van der Waals surface area (Å²) in [6.07, 6.45) is 1.92. The van der Waals surface area contributed by atoms with Crippen LogP contribution in [0.2, 0.25) is 0 Å². The van der Waals surface area contributed by atoms with Crippen LogP contribution in [0.1, 0.15) is 34.7 Å². The highest BCUT2D eigenvalue weighted by molar-refractivity contribution is 7.11. The lowest BCUT2D eigenvalue weighted by Crippen LogP contribution is -2.12. The molecule has 0 saturated heterocycles. The number of aryl methyl sites for hydroxylation is 1. The minimum atomic E-state index is -0.306. The zero-order valence-electron chi connectivity index (χ0n) is 12.8. The van der Waals surface area contributed by atoms with Crippen molar-refractivity contribution in [3.8, 4) is 11.5 Å². The summed E-state index contributed by atoms with van der Waals surface area (Å²) >= 11 is 1.52. The minimum absolute atomic E-state index is 0.123. The Bertz CT molecular complexity index is 653. The van der Waals surface area contributed by atoms with Crippen molar-refractivity contribution < 1.29 is 19.4 Å². The van der Waals surface area contributed by atoms with E-state index in [0.29, 0.717) is 12.4 Å². The highest BCUT2D eigenvalue weighted by atomic mass is 32.1. The zero-order chi connectivity index (χ0) is 16.1. The summed E-state index contributed by atoms with van der Waals surface area (Å²) in [5.41, 5.74) is 0.727. The molecule has 0 aliphatic carbocycles. The van der Waals surface area contributed by atoms with E-state index in [1.807, 2.05) is 6.92 Å². The number of rotatable bonds is 6. The summed E-state index contributed by atoms with van der Waals surface area (Å²) in [5.74, 6) is 0.128. The third-order valence-corrected chi connectivity index (χ3v) is 4.23. The van der Waals surface area contributed by atoms with Crippen LogP contribution in [0.15, 0.2) is 24.4 Å². The maximum absolute atomic E-state index is 11.9. The van der Waals surface area contributed by atoms with E-state index in [-0.39, 0.29) is 24.1 Å². The molecule has 2 aromatic rings. The molecule has 1 aromatic carbocycles. The standard InChI is InChI=1S/C16H19NO4S/c1-4-21-15(19)8-13(16-17-9-10(2)22-16)12-7-11(18)5-6-14(12)20-3/h5-7,9,13,18H,4,8H2,1-3H3. The van der Waals surface area contributed by atoms with Crippen molar-refractivity contribution in [2.75, 3.05) is 13.7 Å². The van der Waals surface area contributed by atoms with Gasteiger partial charge in [0, 0.05) is 16.6 Å². The Hall–Kier alpha value is -2.08. The molecule has 0 radical (unpaired) electrons. The molecule has 1 N–H and O–H groups in total. The number of carbonyl (C=O) groups is 1. The molecule has 1 heterocycles. The first-order chi connectivity index (χ1) is 10.5. The van der Waals surface area contributed by atoms with E-state index in [1.165, 1.54) is 11.3 Å². The molecular weight excluding hydrogens is 302 g/mol. The van der Waals surface area contributed by atoms with Crippen LogP contribution < -0.4 is 4.74 Å². The molecule has 0 aliphatic heterocycles. The number of phenols is 1. The van der Waals surface area contributed by atoms with E-state index >= 15 is 0 Å². The number of carbonyl (C=O) groups excluding carboxylic acids is 1. The highest BCUT2D eigenvalue weighted by Crippen LogP contribution is 2.38. The number of benzene rings is 1. The van der Waals surface area contributed by atoms with Crippen LogP contribution in [0.3, 0.4) is 0 Å². The average Bonchev–Trinajstić information content (AvgIpc) is 2.91. The van der Waals surface area contributed by atoms with Gasteiger partial charge in [0.25, 0.3) is 0 Å². The van der Waals surface area contributed by atoms with Gasteiger partial charge >= 0.3 is 5.97 Å². The number of aromatic hydroxyl groups is 1. The van der Waals surface area contributed by atoms with Gasteiger partial charge < -0.3 is 14.6 Å². The van der Waals surface area contributed by atoms with Crippen molar-refractivity contribution in [3.05, 3.63) is 39.8 Å². The van der Waals surface area contributed by atoms with Crippen LogP contribution in [-0.2, 0) is 9.53 Å². The van der Waals surface area contributed by atoms with Gasteiger partial charge in [-0.1, -0.05) is 0 Å². The van der Waals surface area contributed by atoms with Gasteiger partial charge in [0.1, 0.15) is 16.5 Å². The van der Waals surface area contributed by atoms with Crippen molar-refractivity contribution in [1.29, 1.82) is 0 Å². The summed E-state index contributed by atoms with van der Waals surface area (Å²) < 4.78 is 10.4. The maximum atomic E-state index is 11.9. The fourth-order valence-electron chi connectivity index (χ4n) is 2.24. The lowest BCUT2D eigenvalue weighted by atomic mass is 9.95. The van der Waals surface area contributed by atoms with Crippen molar-refractivity contribution >= 4 is 17.3 Å². The Balaban J connectivity index is 2.43. The number of hydrogen-bond acceptors (Lipinski definition) is 6. The quantitative estimate of drug-likeness (QED) is 0.827. The predicted octanol–water partition coefficient (Wildman–Crippen LogP) is 3.25. The van der Waals surface area contributed by atoms with E-state index < -0.39 is 0 Å². The third kappa shape index (κ3) is 3.76. The molecule has 0 spiro atoms. The molecule has 1 atom stereocenters. The molecule has 0 fully saturated rings. The topological polar surface area (TPSA) is 68.7 Å². The second-order valence-corrected chi connectivity index (χ2v) is 6.06. The zero-order valence-corrected chi connectivity index (χ0v) is 13.6. The molecule has 5 nitrogen and oxygen atoms in total. The first kappa shape index (κ1) is 16.3. The molecule has 0 saturated carbocycles. The lowest BCUT2D eigenvalue weighted by Gasteiger charge is -2.17. The van der Waals surface area contributed by atoms with E-state index in [0.717, 1.165) is 15.4 Å². The van der Waals surface area contributed by atoms with Crippen LogP contribution in [0.4, 0.5) is 0 Å². The van der Waals surface area contributed by atoms with Crippen molar-refractivity contribution in [2.24, 2.45) is 0 Å². The average molecular weight is 321 g/mol. The molecule has 0 aliphatic rings. The Kier molecular flexibility index (Phi) is 5.38. The van der Waals surface area contributed by atoms with Crippen LogP contribution >= 0.6 is 11.3 Å². The lowest BCUT2D eigenvalue weighted by molar-refractivity contribution is -0.143. The Morgan fingerprint density at radius 2 is 2.23 bits per heavy atom. The first-order valence-electron chi connectivity index (χ1n) is 7.00. The predicted molar refractivity (Wildman–Crippen MR) is 84.6 cm³/mol. The highest BCUT2D eigenvalue weighted by Gasteiger charge is 2.25. The van der Waals surface area contributed by atoms with E-state index in [2.05, 4.69) is 4.98 Å². The largest absolute Gasteiger partial charge is 0.508 e. The van der Waals surface area contributed by atoms with Crippen molar-refractivity contribution in [1.82, 2.24) is 4.98 Å². The van der Waals surface area contributed by atoms with Gasteiger partial charge in [-0.3, -0.25) is 4.79 Å². The normalized spacial score (nSPS) is 12.0. The van der Waals surface area contributed by atoms with Gasteiger partial charge in [-0.05, 0) is 32.0 Å². The van der Waals surface area contributed by atoms with Crippen molar-refractivity contribution in [2.45, 2.75) is 26.2 Å². The minimum Gasteiger partial charge on any atom is -0.508 e. The number of phenolic OH excluding ortho intramolecular Hbond substituents is 1. The third-order valence-electron chi connectivity index (χ3n) is 3.20. The maximum Gasteiger partial charge on any atom is 0.306 e. The van der Waals surface area contributed by atoms with Crippen LogP contribution in [-0.4, -0.2) is 29.8 Å². The van der Waals surface area contributed by atoms with Gasteiger partial charge in [-0.2, -0.15) is 0 Å². The number of methoxy groups -OCH3 is 1. The first-order valence-corrected chi connectivity index (χ1v) is 7.81. The summed E-state index contributed by atoms with van der Waals surface area (Å²) in [5, 5.41) is 10.6. The Morgan fingerprint density at radius 3 is 2.82 bits per heavy atom. The smallest absolute Gasteiger partial charge is 0.306 e. The fourth-order valence-corrected chi connectivity index (χ4v) is 3.14. The summed E-state index contributed by atoms with van der Waals surface area (Å²) in [6, 6.07) is 4.85. The number of esters is 1. The molecule has 1 unspecified atom stereocenters. The Labute approximate surface area is 133 Å². The summed E-state index contributed by atoms with van der Waals surface area (Å²) in [7, 11) is 1.56. The molecule has 0 amide bonds. The molecule has 118 valence electrons. The van der Waals surface area contributed by atoms with Crippen molar-refractivity contribution in [3.63, 3.8) is 0 Å². The molecule has 22 heavy (non-hydrogen) atoms. The Morgan fingerprint density at radius 1 is 1.45 bits per heavy atom. The second-order valence-electron chi connectivity index (χ2n) is 4.80. The number of aromatic nitrogens is 1. The van der Waals surface area contributed by atoms with Crippen LogP contribution in [0.25, 0.3) is 0 Å². The van der Waals surface area contributed by atoms with Gasteiger partial charge in [0.05, 0.1) is 26.1 Å². The molecule has 2 rings (SSSR count). The van der Waals surface area contributed by atoms with Crippen LogP contribution in [0.5, 0.6) is 11.5 Å². The van der Waals surface area contributed by atoms with Gasteiger partial charge in [0.15, 0.2) is 0 Å². The SMILES string of the molecule is CCOC(=O)CC(c1ncc(C)s1)c1cc(O)ccc1OC. The van der Waals surface area contributed by atoms with E-state index in [9.17, 15) is 9.90 Å².